The molecule has 0 spiro atoms. The predicted molar refractivity (Wildman–Crippen MR) is 50.3 cm³/mol. The Labute approximate surface area is 78.2 Å². The molecule has 4 nitrogen and oxygen atoms in total. The fourth-order valence-corrected chi connectivity index (χ4v) is 1.74. The highest BCUT2D eigenvalue weighted by Gasteiger charge is 2.28. The average molecular weight is 183 g/mol. The van der Waals surface area contributed by atoms with Crippen LogP contribution in [-0.4, -0.2) is 24.2 Å². The number of carbonyl (C=O) groups is 1. The maximum Gasteiger partial charge on any atom is 0.315 e. The van der Waals surface area contributed by atoms with E-state index in [1.807, 2.05) is 0 Å². The number of urea groups is 1. The molecule has 2 rings (SSSR count). The quantitative estimate of drug-likeness (QED) is 0.577. The fourth-order valence-electron chi connectivity index (χ4n) is 1.74. The second-order valence-electron chi connectivity index (χ2n) is 4.17. The lowest BCUT2D eigenvalue weighted by Gasteiger charge is -2.34. The zero-order valence-corrected chi connectivity index (χ0v) is 7.75. The van der Waals surface area contributed by atoms with Gasteiger partial charge in [0, 0.05) is 18.1 Å². The maximum absolute atomic E-state index is 11.3. The van der Waals surface area contributed by atoms with Crippen LogP contribution in [0, 0.1) is 0 Å². The summed E-state index contributed by atoms with van der Waals surface area (Å²) in [4.78, 5) is 11.3. The van der Waals surface area contributed by atoms with Crippen molar-refractivity contribution in [3.05, 3.63) is 0 Å². The molecule has 0 aromatic heterocycles. The number of carbonyl (C=O) groups excluding carboxylic acids is 1. The Morgan fingerprint density at radius 1 is 1.15 bits per heavy atom. The average Bonchev–Trinajstić information content (AvgIpc) is 1.94. The summed E-state index contributed by atoms with van der Waals surface area (Å²) in [6, 6.07) is 1.03. The van der Waals surface area contributed by atoms with Crippen LogP contribution in [0.25, 0.3) is 0 Å². The summed E-state index contributed by atoms with van der Waals surface area (Å²) in [6.07, 6.45) is 5.38. The molecule has 4 heteroatoms. The van der Waals surface area contributed by atoms with Gasteiger partial charge in [0.15, 0.2) is 0 Å². The molecule has 0 unspecified atom stereocenters. The van der Waals surface area contributed by atoms with Crippen molar-refractivity contribution in [3.8, 4) is 0 Å². The van der Waals surface area contributed by atoms with Crippen molar-refractivity contribution >= 4 is 6.03 Å². The molecule has 13 heavy (non-hydrogen) atoms. The SMILES string of the molecule is NC1CC(NC(=O)NC2CCC2)C1. The maximum atomic E-state index is 11.3. The zero-order valence-electron chi connectivity index (χ0n) is 7.75. The highest BCUT2D eigenvalue weighted by atomic mass is 16.2. The van der Waals surface area contributed by atoms with Crippen molar-refractivity contribution in [2.75, 3.05) is 0 Å². The third kappa shape index (κ3) is 2.12. The summed E-state index contributed by atoms with van der Waals surface area (Å²) in [5.74, 6) is 0. The van der Waals surface area contributed by atoms with Crippen LogP contribution in [-0.2, 0) is 0 Å². The molecular weight excluding hydrogens is 166 g/mol. The van der Waals surface area contributed by atoms with Gasteiger partial charge in [-0.15, -0.1) is 0 Å². The monoisotopic (exact) mass is 183 g/mol. The van der Waals surface area contributed by atoms with Gasteiger partial charge in [0.1, 0.15) is 0 Å². The Balaban J connectivity index is 1.61. The Kier molecular flexibility index (Phi) is 2.40. The normalized spacial score (nSPS) is 33.0. The van der Waals surface area contributed by atoms with Crippen LogP contribution in [0.5, 0.6) is 0 Å². The van der Waals surface area contributed by atoms with Crippen molar-refractivity contribution in [3.63, 3.8) is 0 Å². The predicted octanol–water partition coefficient (Wildman–Crippen LogP) is 0.328. The molecule has 4 N–H and O–H groups in total. The number of rotatable bonds is 2. The van der Waals surface area contributed by atoms with Crippen LogP contribution < -0.4 is 16.4 Å². The van der Waals surface area contributed by atoms with E-state index in [2.05, 4.69) is 10.6 Å². The van der Waals surface area contributed by atoms with E-state index < -0.39 is 0 Å². The van der Waals surface area contributed by atoms with Gasteiger partial charge in [-0.25, -0.2) is 4.79 Å². The van der Waals surface area contributed by atoms with Gasteiger partial charge in [-0.05, 0) is 32.1 Å². The van der Waals surface area contributed by atoms with Crippen molar-refractivity contribution < 1.29 is 4.79 Å². The molecule has 0 aromatic rings. The number of hydrogen-bond donors (Lipinski definition) is 3. The molecule has 0 atom stereocenters. The molecule has 2 aliphatic rings. The Bertz CT molecular complexity index is 197. The second kappa shape index (κ2) is 3.54. The highest BCUT2D eigenvalue weighted by Crippen LogP contribution is 2.19. The Morgan fingerprint density at radius 3 is 2.23 bits per heavy atom. The van der Waals surface area contributed by atoms with Gasteiger partial charge in [0.05, 0.1) is 0 Å². The molecule has 0 radical (unpaired) electrons. The Hall–Kier alpha value is -0.770. The first kappa shape index (κ1) is 8.81. The summed E-state index contributed by atoms with van der Waals surface area (Å²) >= 11 is 0. The standard InChI is InChI=1S/C9H17N3O/c10-6-4-8(5-6)12-9(13)11-7-2-1-3-7/h6-8H,1-5,10H2,(H2,11,12,13). The van der Waals surface area contributed by atoms with Gasteiger partial charge in [-0.2, -0.15) is 0 Å². The largest absolute Gasteiger partial charge is 0.335 e. The lowest BCUT2D eigenvalue weighted by molar-refractivity contribution is 0.212. The van der Waals surface area contributed by atoms with E-state index in [0.717, 1.165) is 25.7 Å². The van der Waals surface area contributed by atoms with Crippen LogP contribution in [0.4, 0.5) is 4.79 Å². The van der Waals surface area contributed by atoms with Crippen LogP contribution in [0.15, 0.2) is 0 Å². The van der Waals surface area contributed by atoms with E-state index >= 15 is 0 Å². The molecular formula is C9H17N3O. The topological polar surface area (TPSA) is 67.1 Å². The third-order valence-corrected chi connectivity index (χ3v) is 2.95. The number of amides is 2. The van der Waals surface area contributed by atoms with E-state index in [0.29, 0.717) is 18.1 Å². The summed E-state index contributed by atoms with van der Waals surface area (Å²) in [5, 5.41) is 5.86. The first-order chi connectivity index (χ1) is 6.24. The Morgan fingerprint density at radius 2 is 1.77 bits per heavy atom. The molecule has 2 amide bonds. The summed E-state index contributed by atoms with van der Waals surface area (Å²) in [7, 11) is 0. The summed E-state index contributed by atoms with van der Waals surface area (Å²) < 4.78 is 0. The molecule has 0 heterocycles. The minimum atomic E-state index is -0.0124. The third-order valence-electron chi connectivity index (χ3n) is 2.95. The van der Waals surface area contributed by atoms with Crippen molar-refractivity contribution in [2.45, 2.75) is 50.2 Å². The molecule has 2 fully saturated rings. The molecule has 74 valence electrons. The number of nitrogens with one attached hydrogen (secondary N) is 2. The molecule has 0 saturated heterocycles. The second-order valence-corrected chi connectivity index (χ2v) is 4.17. The van der Waals surface area contributed by atoms with Gasteiger partial charge < -0.3 is 16.4 Å². The zero-order chi connectivity index (χ0) is 9.26. The number of hydrogen-bond acceptors (Lipinski definition) is 2. The van der Waals surface area contributed by atoms with Crippen LogP contribution >= 0.6 is 0 Å². The van der Waals surface area contributed by atoms with E-state index in [-0.39, 0.29) is 6.03 Å². The van der Waals surface area contributed by atoms with Gasteiger partial charge in [0.2, 0.25) is 0 Å². The van der Waals surface area contributed by atoms with E-state index in [1.165, 1.54) is 6.42 Å². The van der Waals surface area contributed by atoms with E-state index in [4.69, 9.17) is 5.73 Å². The van der Waals surface area contributed by atoms with Gasteiger partial charge in [-0.1, -0.05) is 0 Å². The van der Waals surface area contributed by atoms with Gasteiger partial charge in [0.25, 0.3) is 0 Å². The van der Waals surface area contributed by atoms with Gasteiger partial charge >= 0.3 is 6.03 Å². The lowest BCUT2D eigenvalue weighted by atomic mass is 9.88. The van der Waals surface area contributed by atoms with Crippen LogP contribution in [0.1, 0.15) is 32.1 Å². The van der Waals surface area contributed by atoms with Crippen molar-refractivity contribution in [2.24, 2.45) is 5.73 Å². The molecule has 2 saturated carbocycles. The molecule has 0 aromatic carbocycles. The first-order valence-corrected chi connectivity index (χ1v) is 5.06. The van der Waals surface area contributed by atoms with Crippen LogP contribution in [0.2, 0.25) is 0 Å². The van der Waals surface area contributed by atoms with E-state index in [9.17, 15) is 4.79 Å². The molecule has 2 aliphatic carbocycles. The highest BCUT2D eigenvalue weighted by molar-refractivity contribution is 5.74. The van der Waals surface area contributed by atoms with Crippen molar-refractivity contribution in [1.29, 1.82) is 0 Å². The minimum Gasteiger partial charge on any atom is -0.335 e. The summed E-state index contributed by atoms with van der Waals surface area (Å²) in [6.45, 7) is 0. The smallest absolute Gasteiger partial charge is 0.315 e. The van der Waals surface area contributed by atoms with Crippen LogP contribution in [0.3, 0.4) is 0 Å². The summed E-state index contributed by atoms with van der Waals surface area (Å²) in [5.41, 5.74) is 5.61. The molecule has 0 bridgehead atoms. The molecule has 0 aliphatic heterocycles. The van der Waals surface area contributed by atoms with E-state index in [1.54, 1.807) is 0 Å². The van der Waals surface area contributed by atoms with Gasteiger partial charge in [-0.3, -0.25) is 0 Å². The lowest BCUT2D eigenvalue weighted by Crippen LogP contribution is -2.55. The minimum absolute atomic E-state index is 0.0124. The fraction of sp³-hybridized carbons (Fsp3) is 0.889. The first-order valence-electron chi connectivity index (χ1n) is 5.06. The van der Waals surface area contributed by atoms with Crippen molar-refractivity contribution in [1.82, 2.24) is 10.6 Å². The number of nitrogens with two attached hydrogens (primary N) is 1.